The molecule has 1 aromatic rings. The minimum Gasteiger partial charge on any atom is -0.238 e. The average molecular weight is 347 g/mol. The van der Waals surface area contributed by atoms with Gasteiger partial charge in [0.05, 0.1) is 5.70 Å². The molecule has 4 rings (SSSR count). The normalized spacial score (nSPS) is 19.3. The molecule has 0 spiro atoms. The third-order valence-corrected chi connectivity index (χ3v) is 4.86. The number of halogens is 1. The highest BCUT2D eigenvalue weighted by molar-refractivity contribution is 6.30. The molecule has 0 unspecified atom stereocenters. The lowest BCUT2D eigenvalue weighted by Gasteiger charge is -2.29. The van der Waals surface area contributed by atoms with Gasteiger partial charge in [0, 0.05) is 28.9 Å². The third-order valence-electron chi connectivity index (χ3n) is 4.62. The van der Waals surface area contributed by atoms with Gasteiger partial charge in [0.2, 0.25) is 0 Å². The van der Waals surface area contributed by atoms with E-state index in [0.29, 0.717) is 0 Å². The zero-order valence-corrected chi connectivity index (χ0v) is 14.9. The van der Waals surface area contributed by atoms with Crippen molar-refractivity contribution in [3.8, 4) is 0 Å². The van der Waals surface area contributed by atoms with Crippen LogP contribution in [-0.2, 0) is 0 Å². The third kappa shape index (κ3) is 3.06. The molecule has 0 saturated carbocycles. The highest BCUT2D eigenvalue weighted by atomic mass is 35.5. The Balaban J connectivity index is 1.88. The number of allylic oxidation sites excluding steroid dienone is 11. The van der Waals surface area contributed by atoms with Crippen molar-refractivity contribution in [2.75, 3.05) is 0 Å². The molecule has 0 atom stereocenters. The number of benzene rings is 1. The quantitative estimate of drug-likeness (QED) is 0.638. The molecule has 0 aromatic heterocycles. The molecule has 1 aliphatic carbocycles. The first-order valence-corrected chi connectivity index (χ1v) is 8.86. The minimum absolute atomic E-state index is 0.761. The molecule has 2 nitrogen and oxygen atoms in total. The van der Waals surface area contributed by atoms with Gasteiger partial charge in [-0.2, -0.15) is 5.10 Å². The topological polar surface area (TPSA) is 15.6 Å². The number of hydrazone groups is 1. The van der Waals surface area contributed by atoms with Crippen LogP contribution in [0.1, 0.15) is 25.3 Å². The summed E-state index contributed by atoms with van der Waals surface area (Å²) in [5.41, 5.74) is 7.15. The molecular formula is C22H19ClN2. The Bertz CT molecular complexity index is 923. The fourth-order valence-electron chi connectivity index (χ4n) is 3.39. The van der Waals surface area contributed by atoms with Crippen LogP contribution >= 0.6 is 11.6 Å². The molecule has 0 bridgehead atoms. The van der Waals surface area contributed by atoms with Crippen LogP contribution in [0.3, 0.4) is 0 Å². The summed E-state index contributed by atoms with van der Waals surface area (Å²) in [5, 5.41) is 7.34. The highest BCUT2D eigenvalue weighted by Gasteiger charge is 2.21. The highest BCUT2D eigenvalue weighted by Crippen LogP contribution is 2.36. The van der Waals surface area contributed by atoms with Crippen molar-refractivity contribution >= 4 is 23.4 Å². The number of hydrogen-bond acceptors (Lipinski definition) is 2. The van der Waals surface area contributed by atoms with E-state index in [0.717, 1.165) is 34.8 Å². The van der Waals surface area contributed by atoms with Gasteiger partial charge < -0.3 is 0 Å². The molecule has 0 fully saturated rings. The van der Waals surface area contributed by atoms with E-state index in [1.54, 1.807) is 0 Å². The van der Waals surface area contributed by atoms with Crippen LogP contribution in [0.2, 0.25) is 5.02 Å². The van der Waals surface area contributed by atoms with E-state index in [9.17, 15) is 0 Å². The molecule has 124 valence electrons. The predicted octanol–water partition coefficient (Wildman–Crippen LogP) is 6.03. The van der Waals surface area contributed by atoms with Gasteiger partial charge in [0.15, 0.2) is 0 Å². The Morgan fingerprint density at radius 1 is 1.08 bits per heavy atom. The molecule has 0 amide bonds. The lowest BCUT2D eigenvalue weighted by Crippen LogP contribution is -2.20. The van der Waals surface area contributed by atoms with Crippen molar-refractivity contribution in [3.05, 3.63) is 99.9 Å². The zero-order valence-electron chi connectivity index (χ0n) is 14.1. The van der Waals surface area contributed by atoms with Crippen LogP contribution in [0.5, 0.6) is 0 Å². The van der Waals surface area contributed by atoms with E-state index in [2.05, 4.69) is 60.6 Å². The number of nitrogens with zero attached hydrogens (tertiary/aromatic N) is 2. The van der Waals surface area contributed by atoms with Gasteiger partial charge in [0.25, 0.3) is 0 Å². The van der Waals surface area contributed by atoms with E-state index in [1.807, 2.05) is 29.4 Å². The van der Waals surface area contributed by atoms with E-state index >= 15 is 0 Å². The lowest BCUT2D eigenvalue weighted by atomic mass is 9.90. The molecule has 1 aromatic carbocycles. The Labute approximate surface area is 153 Å². The summed E-state index contributed by atoms with van der Waals surface area (Å²) < 4.78 is 0. The molecule has 0 radical (unpaired) electrons. The smallest absolute Gasteiger partial charge is 0.0612 e. The second kappa shape index (κ2) is 6.73. The van der Waals surface area contributed by atoms with Crippen molar-refractivity contribution in [2.45, 2.75) is 19.8 Å². The van der Waals surface area contributed by atoms with Gasteiger partial charge in [0.1, 0.15) is 0 Å². The van der Waals surface area contributed by atoms with Gasteiger partial charge in [-0.15, -0.1) is 0 Å². The Morgan fingerprint density at radius 2 is 2.00 bits per heavy atom. The van der Waals surface area contributed by atoms with Crippen LogP contribution in [0, 0.1) is 0 Å². The fourth-order valence-corrected chi connectivity index (χ4v) is 3.58. The zero-order chi connectivity index (χ0) is 17.2. The maximum Gasteiger partial charge on any atom is 0.0612 e. The Kier molecular flexibility index (Phi) is 4.29. The molecule has 3 aliphatic rings. The molecule has 2 heterocycles. The molecule has 0 saturated heterocycles. The number of rotatable bonds is 2. The summed E-state index contributed by atoms with van der Waals surface area (Å²) in [6, 6.07) is 8.09. The van der Waals surface area contributed by atoms with Crippen LogP contribution in [0.15, 0.2) is 94.4 Å². The number of fused-ring (bicyclic) bond motifs is 1. The van der Waals surface area contributed by atoms with E-state index in [-0.39, 0.29) is 0 Å². The Hall–Kier alpha value is -2.58. The van der Waals surface area contributed by atoms with Crippen molar-refractivity contribution in [2.24, 2.45) is 5.10 Å². The second-order valence-electron chi connectivity index (χ2n) is 6.20. The molecule has 0 N–H and O–H groups in total. The molecule has 2 aliphatic heterocycles. The van der Waals surface area contributed by atoms with Crippen LogP contribution < -0.4 is 0 Å². The van der Waals surface area contributed by atoms with Crippen molar-refractivity contribution < 1.29 is 0 Å². The lowest BCUT2D eigenvalue weighted by molar-refractivity contribution is 0.456. The largest absolute Gasteiger partial charge is 0.238 e. The number of hydrogen-bond donors (Lipinski definition) is 0. The monoisotopic (exact) mass is 346 g/mol. The molecular weight excluding hydrogens is 328 g/mol. The maximum atomic E-state index is 6.24. The fraction of sp³-hybridized carbons (Fsp3) is 0.136. The first-order chi connectivity index (χ1) is 12.2. The van der Waals surface area contributed by atoms with E-state index in [1.165, 1.54) is 16.7 Å². The van der Waals surface area contributed by atoms with Crippen LogP contribution in [-0.4, -0.2) is 11.2 Å². The first-order valence-electron chi connectivity index (χ1n) is 8.48. The standard InChI is InChI=1S/C22H19ClN2/c1-16-20(13-12-19-9-6-14-24-25(16)19)22-11-4-2-3-10-21(22)17-7-5-8-18(23)15-17/h2-5,7-9,11-15H,6,10H2,1H3. The summed E-state index contributed by atoms with van der Waals surface area (Å²) in [4.78, 5) is 0. The van der Waals surface area contributed by atoms with Gasteiger partial charge in [-0.1, -0.05) is 60.2 Å². The molecule has 3 heteroatoms. The van der Waals surface area contributed by atoms with Crippen molar-refractivity contribution in [3.63, 3.8) is 0 Å². The van der Waals surface area contributed by atoms with Gasteiger partial charge in [-0.3, -0.25) is 0 Å². The van der Waals surface area contributed by atoms with Crippen LogP contribution in [0.25, 0.3) is 5.57 Å². The SMILES string of the molecule is CC1=C(C2=C(c3cccc(Cl)c3)CC=CC=C2)C=CC2=CCC=NN21. The predicted molar refractivity (Wildman–Crippen MR) is 106 cm³/mol. The summed E-state index contributed by atoms with van der Waals surface area (Å²) >= 11 is 6.24. The van der Waals surface area contributed by atoms with E-state index in [4.69, 9.17) is 11.6 Å². The Morgan fingerprint density at radius 3 is 2.88 bits per heavy atom. The minimum atomic E-state index is 0.761. The van der Waals surface area contributed by atoms with Crippen LogP contribution in [0.4, 0.5) is 0 Å². The van der Waals surface area contributed by atoms with Crippen molar-refractivity contribution in [1.29, 1.82) is 0 Å². The van der Waals surface area contributed by atoms with Gasteiger partial charge in [-0.25, -0.2) is 5.01 Å². The molecule has 25 heavy (non-hydrogen) atoms. The van der Waals surface area contributed by atoms with Crippen molar-refractivity contribution in [1.82, 2.24) is 5.01 Å². The summed E-state index contributed by atoms with van der Waals surface area (Å²) in [7, 11) is 0. The average Bonchev–Trinajstić information content (AvgIpc) is 2.88. The summed E-state index contributed by atoms with van der Waals surface area (Å²) in [5.74, 6) is 0. The van der Waals surface area contributed by atoms with E-state index < -0.39 is 0 Å². The van der Waals surface area contributed by atoms with Gasteiger partial charge in [-0.05, 0) is 48.3 Å². The first kappa shape index (κ1) is 15.9. The maximum absolute atomic E-state index is 6.24. The second-order valence-corrected chi connectivity index (χ2v) is 6.64. The van der Waals surface area contributed by atoms with Gasteiger partial charge >= 0.3 is 0 Å². The summed E-state index contributed by atoms with van der Waals surface area (Å²) in [6.45, 7) is 2.13. The summed E-state index contributed by atoms with van der Waals surface area (Å²) in [6.07, 6.45) is 18.8.